The van der Waals surface area contributed by atoms with Gasteiger partial charge >= 0.3 is 6.09 Å². The van der Waals surface area contributed by atoms with Gasteiger partial charge in [-0.15, -0.1) is 11.8 Å². The van der Waals surface area contributed by atoms with Crippen molar-refractivity contribution < 1.29 is 33.3 Å². The molecule has 3 aromatic carbocycles. The average Bonchev–Trinajstić information content (AvgIpc) is 2.94. The Morgan fingerprint density at radius 2 is 1.63 bits per heavy atom. The van der Waals surface area contributed by atoms with Gasteiger partial charge in [0.2, 0.25) is 10.0 Å². The lowest BCUT2D eigenvalue weighted by Gasteiger charge is -2.22. The number of aliphatic hydroxyl groups is 2. The Balaban J connectivity index is 1.71. The second kappa shape index (κ2) is 15.0. The lowest BCUT2D eigenvalue weighted by atomic mass is 10.0. The van der Waals surface area contributed by atoms with E-state index in [2.05, 4.69) is 4.72 Å². The van der Waals surface area contributed by atoms with E-state index in [-0.39, 0.29) is 42.7 Å². The summed E-state index contributed by atoms with van der Waals surface area (Å²) in [6.07, 6.45) is -1.52. The number of rotatable bonds is 14. The van der Waals surface area contributed by atoms with Gasteiger partial charge in [-0.05, 0) is 47.2 Å². The molecule has 11 heteroatoms. The molecule has 41 heavy (non-hydrogen) atoms. The molecule has 1 atom stereocenters. The van der Waals surface area contributed by atoms with Crippen LogP contribution in [0, 0.1) is 0 Å². The average molecular weight is 601 g/mol. The topological polar surface area (TPSA) is 144 Å². The zero-order valence-electron chi connectivity index (χ0n) is 23.1. The van der Waals surface area contributed by atoms with Gasteiger partial charge in [0.1, 0.15) is 0 Å². The van der Waals surface area contributed by atoms with E-state index < -0.39 is 28.1 Å². The van der Waals surface area contributed by atoms with E-state index in [1.807, 2.05) is 50.2 Å². The van der Waals surface area contributed by atoms with Crippen molar-refractivity contribution in [2.75, 3.05) is 25.4 Å². The minimum Gasteiger partial charge on any atom is -0.465 e. The van der Waals surface area contributed by atoms with Crippen molar-refractivity contribution >= 4 is 33.8 Å². The van der Waals surface area contributed by atoms with Crippen LogP contribution in [0.15, 0.2) is 77.7 Å². The lowest BCUT2D eigenvalue weighted by Crippen LogP contribution is -2.35. The molecule has 4 N–H and O–H groups in total. The molecule has 0 bridgehead atoms. The van der Waals surface area contributed by atoms with Crippen LogP contribution < -0.4 is 4.72 Å². The minimum atomic E-state index is -3.86. The Morgan fingerprint density at radius 3 is 2.24 bits per heavy atom. The van der Waals surface area contributed by atoms with Gasteiger partial charge < -0.3 is 20.2 Å². The van der Waals surface area contributed by atoms with Crippen LogP contribution in [0.5, 0.6) is 0 Å². The standard InChI is InChI=1S/C30H36N2O7S2/c1-21(2)40-28-19-25(13-14-26(28)29(35)31-41(38,39)18-6-17-33)23-11-9-22(10-12-23)15-16-32(30(36)37)20-27(34)24-7-4-3-5-8-24/h3-5,7-14,19,21,27,33-34H,6,15-18,20H2,1-2H3,(H,31,35)(H,36,37)/t27-/m1/s1. The Bertz CT molecular complexity index is 1410. The second-order valence-electron chi connectivity index (χ2n) is 9.81. The second-order valence-corrected chi connectivity index (χ2v) is 13.3. The third-order valence-corrected chi connectivity index (χ3v) is 8.60. The van der Waals surface area contributed by atoms with Gasteiger partial charge in [-0.3, -0.25) is 4.79 Å². The van der Waals surface area contributed by atoms with E-state index in [1.165, 1.54) is 16.7 Å². The van der Waals surface area contributed by atoms with E-state index >= 15 is 0 Å². The van der Waals surface area contributed by atoms with Crippen LogP contribution in [0.25, 0.3) is 11.1 Å². The van der Waals surface area contributed by atoms with Gasteiger partial charge in [0.05, 0.1) is 24.0 Å². The number of nitrogens with one attached hydrogen (secondary N) is 1. The fraction of sp³-hybridized carbons (Fsp3) is 0.333. The van der Waals surface area contributed by atoms with Gasteiger partial charge in [0.15, 0.2) is 0 Å². The Hall–Kier alpha value is -3.38. The van der Waals surface area contributed by atoms with Gasteiger partial charge in [-0.2, -0.15) is 0 Å². The predicted molar refractivity (Wildman–Crippen MR) is 161 cm³/mol. The number of sulfonamides is 1. The van der Waals surface area contributed by atoms with Gasteiger partial charge in [-0.1, -0.05) is 74.5 Å². The molecule has 9 nitrogen and oxygen atoms in total. The molecular weight excluding hydrogens is 564 g/mol. The largest absolute Gasteiger partial charge is 0.465 e. The number of thioether (sulfide) groups is 1. The van der Waals surface area contributed by atoms with Crippen LogP contribution in [0.3, 0.4) is 0 Å². The number of carboxylic acid groups (broad SMARTS) is 1. The Kier molecular flexibility index (Phi) is 11.8. The van der Waals surface area contributed by atoms with Gasteiger partial charge in [0, 0.05) is 23.3 Å². The first kappa shape index (κ1) is 32.1. The molecule has 0 aromatic heterocycles. The van der Waals surface area contributed by atoms with Crippen LogP contribution in [-0.2, 0) is 16.4 Å². The zero-order valence-corrected chi connectivity index (χ0v) is 24.7. The summed E-state index contributed by atoms with van der Waals surface area (Å²) in [6.45, 7) is 3.86. The number of benzene rings is 3. The molecule has 0 unspecified atom stereocenters. The molecule has 0 radical (unpaired) electrons. The van der Waals surface area contributed by atoms with Crippen LogP contribution in [0.4, 0.5) is 4.79 Å². The molecular formula is C30H36N2O7S2. The summed E-state index contributed by atoms with van der Waals surface area (Å²) in [5, 5.41) is 29.1. The summed E-state index contributed by atoms with van der Waals surface area (Å²) >= 11 is 1.45. The Labute approximate surface area is 245 Å². The monoisotopic (exact) mass is 600 g/mol. The van der Waals surface area contributed by atoms with E-state index in [1.54, 1.807) is 36.4 Å². The SMILES string of the molecule is CC(C)Sc1cc(-c2ccc(CCN(C[C@@H](O)c3ccccc3)C(=O)O)cc2)ccc1C(=O)NS(=O)(=O)CCCO. The normalized spacial score (nSPS) is 12.2. The van der Waals surface area contributed by atoms with Crippen molar-refractivity contribution in [3.63, 3.8) is 0 Å². The maximum absolute atomic E-state index is 12.8. The quantitative estimate of drug-likeness (QED) is 0.197. The third kappa shape index (κ3) is 9.89. The van der Waals surface area contributed by atoms with E-state index in [4.69, 9.17) is 5.11 Å². The highest BCUT2D eigenvalue weighted by molar-refractivity contribution is 8.00. The summed E-state index contributed by atoms with van der Waals surface area (Å²) in [4.78, 5) is 26.4. The molecule has 2 amide bonds. The molecule has 0 aliphatic carbocycles. The molecule has 0 aliphatic rings. The number of hydrogen-bond acceptors (Lipinski definition) is 7. The summed E-state index contributed by atoms with van der Waals surface area (Å²) in [6, 6.07) is 21.8. The van der Waals surface area contributed by atoms with Crippen molar-refractivity contribution in [3.8, 4) is 11.1 Å². The molecule has 3 rings (SSSR count). The first-order valence-corrected chi connectivity index (χ1v) is 15.8. The fourth-order valence-electron chi connectivity index (χ4n) is 4.13. The minimum absolute atomic E-state index is 0.0314. The molecule has 0 spiro atoms. The van der Waals surface area contributed by atoms with Crippen molar-refractivity contribution in [3.05, 3.63) is 89.5 Å². The number of amides is 2. The number of nitrogens with zero attached hydrogens (tertiary/aromatic N) is 1. The molecule has 0 heterocycles. The van der Waals surface area contributed by atoms with Crippen LogP contribution in [0.1, 0.15) is 47.9 Å². The lowest BCUT2D eigenvalue weighted by molar-refractivity contribution is 0.0971. The van der Waals surface area contributed by atoms with Gasteiger partial charge in [0.25, 0.3) is 5.91 Å². The molecule has 0 aliphatic heterocycles. The molecule has 0 fully saturated rings. The number of aliphatic hydroxyl groups excluding tert-OH is 2. The fourth-order valence-corrected chi connectivity index (χ4v) is 6.12. The van der Waals surface area contributed by atoms with E-state index in [9.17, 15) is 28.2 Å². The number of carbonyl (C=O) groups excluding carboxylic acids is 1. The maximum atomic E-state index is 12.8. The smallest absolute Gasteiger partial charge is 0.407 e. The highest BCUT2D eigenvalue weighted by Gasteiger charge is 2.20. The molecule has 220 valence electrons. The van der Waals surface area contributed by atoms with Crippen LogP contribution >= 0.6 is 11.8 Å². The zero-order chi connectivity index (χ0) is 30.0. The highest BCUT2D eigenvalue weighted by atomic mass is 32.2. The van der Waals surface area contributed by atoms with Crippen LogP contribution in [0.2, 0.25) is 0 Å². The van der Waals surface area contributed by atoms with Gasteiger partial charge in [-0.25, -0.2) is 17.9 Å². The summed E-state index contributed by atoms with van der Waals surface area (Å²) in [7, 11) is -3.86. The highest BCUT2D eigenvalue weighted by Crippen LogP contribution is 2.32. The molecule has 0 saturated carbocycles. The van der Waals surface area contributed by atoms with Crippen molar-refractivity contribution in [1.82, 2.24) is 9.62 Å². The van der Waals surface area contributed by atoms with E-state index in [0.717, 1.165) is 16.7 Å². The summed E-state index contributed by atoms with van der Waals surface area (Å²) in [5.74, 6) is -1.06. The number of carbonyl (C=O) groups is 2. The Morgan fingerprint density at radius 1 is 0.976 bits per heavy atom. The summed E-state index contributed by atoms with van der Waals surface area (Å²) in [5.41, 5.74) is 3.57. The molecule has 0 saturated heterocycles. The number of hydrogen-bond donors (Lipinski definition) is 4. The molecule has 3 aromatic rings. The van der Waals surface area contributed by atoms with Crippen LogP contribution in [-0.4, -0.2) is 71.3 Å². The van der Waals surface area contributed by atoms with Crippen molar-refractivity contribution in [2.24, 2.45) is 0 Å². The first-order valence-electron chi connectivity index (χ1n) is 13.3. The van der Waals surface area contributed by atoms with Crippen molar-refractivity contribution in [2.45, 2.75) is 42.9 Å². The first-order chi connectivity index (χ1) is 19.5. The maximum Gasteiger partial charge on any atom is 0.407 e. The van der Waals surface area contributed by atoms with E-state index in [0.29, 0.717) is 16.9 Å². The summed E-state index contributed by atoms with van der Waals surface area (Å²) < 4.78 is 26.4. The third-order valence-electron chi connectivity index (χ3n) is 6.21. The van der Waals surface area contributed by atoms with Crippen molar-refractivity contribution in [1.29, 1.82) is 0 Å². The predicted octanol–water partition coefficient (Wildman–Crippen LogP) is 4.55.